The normalized spacial score (nSPS) is 16.9. The molecule has 4 aromatic rings. The molecule has 1 N–H and O–H groups in total. The van der Waals surface area contributed by atoms with E-state index in [0.717, 1.165) is 24.5 Å². The summed E-state index contributed by atoms with van der Waals surface area (Å²) in [7, 11) is 0. The van der Waals surface area contributed by atoms with E-state index in [4.69, 9.17) is 4.98 Å². The Balaban J connectivity index is 1.29. The van der Waals surface area contributed by atoms with Crippen molar-refractivity contribution in [3.63, 3.8) is 0 Å². The molecule has 0 radical (unpaired) electrons. The van der Waals surface area contributed by atoms with Gasteiger partial charge in [0.15, 0.2) is 11.5 Å². The molecule has 0 unspecified atom stereocenters. The lowest BCUT2D eigenvalue weighted by atomic mass is 9.95. The quantitative estimate of drug-likeness (QED) is 0.525. The Kier molecular flexibility index (Phi) is 4.78. The predicted octanol–water partition coefficient (Wildman–Crippen LogP) is 3.40. The zero-order chi connectivity index (χ0) is 22.4. The minimum Gasteiger partial charge on any atom is -0.337 e. The van der Waals surface area contributed by atoms with Crippen molar-refractivity contribution in [1.82, 2.24) is 29.9 Å². The van der Waals surface area contributed by atoms with Crippen molar-refractivity contribution in [1.29, 1.82) is 0 Å². The molecule has 0 spiro atoms. The molecular formula is C25H24N6O2. The number of nitrogens with zero attached hydrogens (tertiary/aromatic N) is 5. The second-order valence-corrected chi connectivity index (χ2v) is 8.87. The van der Waals surface area contributed by atoms with Crippen LogP contribution >= 0.6 is 0 Å². The first-order valence-corrected chi connectivity index (χ1v) is 11.5. The first kappa shape index (κ1) is 19.8. The number of hydrogen-bond acceptors (Lipinski definition) is 5. The van der Waals surface area contributed by atoms with Gasteiger partial charge in [0.05, 0.1) is 11.1 Å². The highest BCUT2D eigenvalue weighted by Crippen LogP contribution is 2.38. The zero-order valence-corrected chi connectivity index (χ0v) is 18.1. The third-order valence-electron chi connectivity index (χ3n) is 6.64. The monoisotopic (exact) mass is 440 g/mol. The Morgan fingerprint density at radius 2 is 1.58 bits per heavy atom. The maximum Gasteiger partial charge on any atom is 0.279 e. The van der Waals surface area contributed by atoms with Crippen LogP contribution in [0.5, 0.6) is 0 Å². The number of benzene rings is 2. The van der Waals surface area contributed by atoms with Gasteiger partial charge in [0.25, 0.3) is 11.5 Å². The van der Waals surface area contributed by atoms with Crippen LogP contribution in [-0.4, -0.2) is 48.9 Å². The van der Waals surface area contributed by atoms with Crippen LogP contribution in [0.4, 0.5) is 0 Å². The number of aromatic amines is 1. The lowest BCUT2D eigenvalue weighted by Crippen LogP contribution is -2.39. The fraction of sp³-hybridized carbons (Fsp3) is 0.320. The van der Waals surface area contributed by atoms with E-state index in [1.54, 1.807) is 12.1 Å². The number of fused-ring (bicyclic) bond motifs is 1. The van der Waals surface area contributed by atoms with Crippen LogP contribution in [-0.2, 0) is 0 Å². The van der Waals surface area contributed by atoms with Gasteiger partial charge in [0, 0.05) is 30.3 Å². The molecule has 1 aliphatic heterocycles. The zero-order valence-electron chi connectivity index (χ0n) is 18.1. The first-order valence-electron chi connectivity index (χ1n) is 11.5. The molecule has 2 aliphatic rings. The summed E-state index contributed by atoms with van der Waals surface area (Å²) in [5.74, 6) is 2.52. The van der Waals surface area contributed by atoms with Crippen molar-refractivity contribution in [3.05, 3.63) is 82.3 Å². The van der Waals surface area contributed by atoms with E-state index in [1.165, 1.54) is 17.5 Å². The number of para-hydroxylation sites is 1. The number of carbonyl (C=O) groups is 1. The number of H-pyrrole nitrogens is 1. The molecule has 2 aromatic carbocycles. The molecule has 1 saturated carbocycles. The number of aromatic nitrogens is 5. The van der Waals surface area contributed by atoms with Crippen molar-refractivity contribution in [2.45, 2.75) is 37.5 Å². The van der Waals surface area contributed by atoms with Crippen LogP contribution in [0.2, 0.25) is 0 Å². The minimum absolute atomic E-state index is 0.148. The number of hydrogen-bond donors (Lipinski definition) is 1. The highest BCUT2D eigenvalue weighted by molar-refractivity contribution is 6.04. The fourth-order valence-corrected chi connectivity index (χ4v) is 4.59. The minimum atomic E-state index is -0.233. The molecule has 0 atom stereocenters. The van der Waals surface area contributed by atoms with E-state index in [1.807, 2.05) is 47.4 Å². The standard InChI is InChI=1S/C25H24N6O2/c32-24-20-9-5-4-8-19(20)21(29-31(24)18-6-2-1-3-7-18)25(33)30-14-12-17(13-15-30)23-26-22(27-28-23)16-10-11-16/h1-9,16-17H,10-15H2,(H,26,27,28). The van der Waals surface area contributed by atoms with Crippen molar-refractivity contribution in [3.8, 4) is 5.69 Å². The Hall–Kier alpha value is -3.81. The van der Waals surface area contributed by atoms with E-state index in [9.17, 15) is 9.59 Å². The van der Waals surface area contributed by atoms with Crippen molar-refractivity contribution < 1.29 is 4.79 Å². The van der Waals surface area contributed by atoms with Crippen molar-refractivity contribution in [2.24, 2.45) is 0 Å². The number of carbonyl (C=O) groups excluding carboxylic acids is 1. The Morgan fingerprint density at radius 3 is 2.30 bits per heavy atom. The lowest BCUT2D eigenvalue weighted by molar-refractivity contribution is 0.0705. The molecule has 8 heteroatoms. The van der Waals surface area contributed by atoms with Gasteiger partial charge in [-0.05, 0) is 43.9 Å². The Bertz CT molecular complexity index is 1380. The Morgan fingerprint density at radius 1 is 0.879 bits per heavy atom. The average molecular weight is 441 g/mol. The molecule has 2 fully saturated rings. The highest BCUT2D eigenvalue weighted by Gasteiger charge is 2.31. The van der Waals surface area contributed by atoms with Crippen LogP contribution in [0.25, 0.3) is 16.5 Å². The number of nitrogens with one attached hydrogen (secondary N) is 1. The highest BCUT2D eigenvalue weighted by atomic mass is 16.2. The average Bonchev–Trinajstić information content (AvgIpc) is 3.61. The van der Waals surface area contributed by atoms with Gasteiger partial charge in [-0.25, -0.2) is 4.98 Å². The summed E-state index contributed by atoms with van der Waals surface area (Å²) in [5, 5.41) is 13.1. The second-order valence-electron chi connectivity index (χ2n) is 8.87. The van der Waals surface area contributed by atoms with E-state index in [0.29, 0.717) is 41.2 Å². The first-order chi connectivity index (χ1) is 16.2. The topological polar surface area (TPSA) is 96.8 Å². The summed E-state index contributed by atoms with van der Waals surface area (Å²) in [6.45, 7) is 1.23. The summed E-state index contributed by atoms with van der Waals surface area (Å²) >= 11 is 0. The Labute approximate surface area is 190 Å². The van der Waals surface area contributed by atoms with Gasteiger partial charge in [-0.15, -0.1) is 0 Å². The maximum absolute atomic E-state index is 13.6. The summed E-state index contributed by atoms with van der Waals surface area (Å²) in [6.07, 6.45) is 4.00. The molecule has 6 rings (SSSR count). The van der Waals surface area contributed by atoms with E-state index in [-0.39, 0.29) is 17.4 Å². The second kappa shape index (κ2) is 7.95. The summed E-state index contributed by atoms with van der Waals surface area (Å²) in [4.78, 5) is 33.2. The molecule has 33 heavy (non-hydrogen) atoms. The number of piperidine rings is 1. The lowest BCUT2D eigenvalue weighted by Gasteiger charge is -2.31. The van der Waals surface area contributed by atoms with Crippen LogP contribution in [0.3, 0.4) is 0 Å². The van der Waals surface area contributed by atoms with Gasteiger partial charge < -0.3 is 4.90 Å². The van der Waals surface area contributed by atoms with Crippen LogP contribution in [0, 0.1) is 0 Å². The molecular weight excluding hydrogens is 416 g/mol. The van der Waals surface area contributed by atoms with Crippen LogP contribution in [0.1, 0.15) is 59.7 Å². The predicted molar refractivity (Wildman–Crippen MR) is 124 cm³/mol. The van der Waals surface area contributed by atoms with Gasteiger partial charge in [-0.2, -0.15) is 14.9 Å². The van der Waals surface area contributed by atoms with Gasteiger partial charge in [-0.3, -0.25) is 14.7 Å². The van der Waals surface area contributed by atoms with Crippen LogP contribution < -0.4 is 5.56 Å². The van der Waals surface area contributed by atoms with Crippen LogP contribution in [0.15, 0.2) is 59.4 Å². The molecule has 1 saturated heterocycles. The van der Waals surface area contributed by atoms with E-state index < -0.39 is 0 Å². The third-order valence-corrected chi connectivity index (χ3v) is 6.64. The summed E-state index contributed by atoms with van der Waals surface area (Å²) in [6, 6.07) is 16.4. The third kappa shape index (κ3) is 3.61. The molecule has 0 bridgehead atoms. The molecule has 2 aromatic heterocycles. The summed E-state index contributed by atoms with van der Waals surface area (Å²) < 4.78 is 1.33. The molecule has 1 aliphatic carbocycles. The van der Waals surface area contributed by atoms with Crippen molar-refractivity contribution >= 4 is 16.7 Å². The van der Waals surface area contributed by atoms with E-state index in [2.05, 4.69) is 15.3 Å². The number of amides is 1. The van der Waals surface area contributed by atoms with Gasteiger partial charge in [0.2, 0.25) is 0 Å². The van der Waals surface area contributed by atoms with Gasteiger partial charge >= 0.3 is 0 Å². The molecule has 1 amide bonds. The fourth-order valence-electron chi connectivity index (χ4n) is 4.59. The SMILES string of the molecule is O=C(c1nn(-c2ccccc2)c(=O)c2ccccc12)N1CCC(c2nc(C3CC3)n[nH]2)CC1. The van der Waals surface area contributed by atoms with E-state index >= 15 is 0 Å². The number of likely N-dealkylation sites (tertiary alicyclic amines) is 1. The van der Waals surface area contributed by atoms with Gasteiger partial charge in [-0.1, -0.05) is 36.4 Å². The number of rotatable bonds is 4. The molecule has 8 nitrogen and oxygen atoms in total. The summed E-state index contributed by atoms with van der Waals surface area (Å²) in [5.41, 5.74) is 0.713. The smallest absolute Gasteiger partial charge is 0.279 e. The maximum atomic E-state index is 13.6. The largest absolute Gasteiger partial charge is 0.337 e. The van der Waals surface area contributed by atoms with Gasteiger partial charge in [0.1, 0.15) is 5.82 Å². The van der Waals surface area contributed by atoms with Crippen molar-refractivity contribution in [2.75, 3.05) is 13.1 Å². The molecule has 3 heterocycles. The molecule has 166 valence electrons.